The maximum absolute atomic E-state index is 11.0. The van der Waals surface area contributed by atoms with E-state index in [9.17, 15) is 4.79 Å². The van der Waals surface area contributed by atoms with Gasteiger partial charge >= 0.3 is 0 Å². The molecular weight excluding hydrogens is 184 g/mol. The number of carbonyl (C=O) groups excluding carboxylic acids is 1. The van der Waals surface area contributed by atoms with Crippen LogP contribution in [0.4, 0.5) is 5.69 Å². The zero-order chi connectivity index (χ0) is 9.84. The Bertz CT molecular complexity index is 325. The molecule has 0 aliphatic carbocycles. The van der Waals surface area contributed by atoms with Gasteiger partial charge < -0.3 is 11.5 Å². The fourth-order valence-electron chi connectivity index (χ4n) is 1.02. The van der Waals surface area contributed by atoms with Gasteiger partial charge in [0.1, 0.15) is 0 Å². The van der Waals surface area contributed by atoms with Gasteiger partial charge in [0.15, 0.2) is 0 Å². The quantitative estimate of drug-likeness (QED) is 0.568. The summed E-state index contributed by atoms with van der Waals surface area (Å²) >= 11 is 1.56. The molecule has 1 aromatic carbocycles. The van der Waals surface area contributed by atoms with Gasteiger partial charge in [-0.1, -0.05) is 6.92 Å². The van der Waals surface area contributed by atoms with Crippen LogP contribution in [0.2, 0.25) is 0 Å². The minimum Gasteiger partial charge on any atom is -0.399 e. The third-order valence-corrected chi connectivity index (χ3v) is 2.51. The number of nitrogen functional groups attached to an aromatic ring is 1. The molecule has 0 radical (unpaired) electrons. The number of anilines is 1. The second kappa shape index (κ2) is 4.18. The van der Waals surface area contributed by atoms with Crippen molar-refractivity contribution in [2.24, 2.45) is 5.73 Å². The van der Waals surface area contributed by atoms with E-state index >= 15 is 0 Å². The van der Waals surface area contributed by atoms with Crippen molar-refractivity contribution in [2.45, 2.75) is 11.8 Å². The average Bonchev–Trinajstić information content (AvgIpc) is 2.04. The van der Waals surface area contributed by atoms with Crippen LogP contribution in [0, 0.1) is 0 Å². The fourth-order valence-corrected chi connectivity index (χ4v) is 1.87. The molecule has 0 aromatic heterocycles. The zero-order valence-corrected chi connectivity index (χ0v) is 8.23. The molecule has 0 saturated heterocycles. The second-order valence-electron chi connectivity index (χ2n) is 2.55. The Labute approximate surface area is 81.5 Å². The summed E-state index contributed by atoms with van der Waals surface area (Å²) in [5, 5.41) is 0. The van der Waals surface area contributed by atoms with Crippen molar-refractivity contribution in [3.05, 3.63) is 23.8 Å². The molecule has 1 amide bonds. The minimum absolute atomic E-state index is 0.407. The highest BCUT2D eigenvalue weighted by Gasteiger charge is 2.07. The van der Waals surface area contributed by atoms with Gasteiger partial charge in [-0.3, -0.25) is 4.79 Å². The summed E-state index contributed by atoms with van der Waals surface area (Å²) in [5.74, 6) is 0.486. The summed E-state index contributed by atoms with van der Waals surface area (Å²) in [5.41, 5.74) is 12.0. The molecule has 0 aliphatic rings. The summed E-state index contributed by atoms with van der Waals surface area (Å²) in [6.45, 7) is 2.01. The number of rotatable bonds is 3. The predicted octanol–water partition coefficient (Wildman–Crippen LogP) is 1.48. The topological polar surface area (TPSA) is 69.1 Å². The van der Waals surface area contributed by atoms with Crippen molar-refractivity contribution in [2.75, 3.05) is 11.5 Å². The summed E-state index contributed by atoms with van der Waals surface area (Å²) in [7, 11) is 0. The van der Waals surface area contributed by atoms with Crippen LogP contribution in [0.1, 0.15) is 17.3 Å². The summed E-state index contributed by atoms with van der Waals surface area (Å²) in [4.78, 5) is 11.8. The van der Waals surface area contributed by atoms with Crippen molar-refractivity contribution in [1.82, 2.24) is 0 Å². The molecule has 0 bridgehead atoms. The molecule has 0 heterocycles. The molecule has 1 aromatic rings. The largest absolute Gasteiger partial charge is 0.399 e. The molecule has 0 saturated carbocycles. The van der Waals surface area contributed by atoms with E-state index < -0.39 is 5.91 Å². The number of hydrogen-bond acceptors (Lipinski definition) is 3. The molecule has 0 unspecified atom stereocenters. The monoisotopic (exact) mass is 196 g/mol. The standard InChI is InChI=1S/C9H12N2OS/c1-2-13-8-5-6(10)3-4-7(8)9(11)12/h3-5H,2,10H2,1H3,(H2,11,12). The Morgan fingerprint density at radius 1 is 1.54 bits per heavy atom. The van der Waals surface area contributed by atoms with E-state index in [0.717, 1.165) is 10.6 Å². The van der Waals surface area contributed by atoms with Crippen molar-refractivity contribution >= 4 is 23.4 Å². The van der Waals surface area contributed by atoms with Crippen molar-refractivity contribution in [3.63, 3.8) is 0 Å². The third kappa shape index (κ3) is 2.39. The van der Waals surface area contributed by atoms with Crippen LogP contribution >= 0.6 is 11.8 Å². The zero-order valence-electron chi connectivity index (χ0n) is 7.41. The molecular formula is C9H12N2OS. The Balaban J connectivity index is 3.10. The van der Waals surface area contributed by atoms with Crippen molar-refractivity contribution in [1.29, 1.82) is 0 Å². The lowest BCUT2D eigenvalue weighted by Crippen LogP contribution is -2.12. The highest BCUT2D eigenvalue weighted by Crippen LogP contribution is 2.24. The first kappa shape index (κ1) is 9.92. The number of amides is 1. The van der Waals surface area contributed by atoms with Crippen LogP contribution in [-0.2, 0) is 0 Å². The number of primary amides is 1. The van der Waals surface area contributed by atoms with Crippen LogP contribution in [0.15, 0.2) is 23.1 Å². The summed E-state index contributed by atoms with van der Waals surface area (Å²) in [6, 6.07) is 5.11. The number of carbonyl (C=O) groups is 1. The lowest BCUT2D eigenvalue weighted by atomic mass is 10.2. The average molecular weight is 196 g/mol. The van der Waals surface area contributed by atoms with Gasteiger partial charge in [-0.25, -0.2) is 0 Å². The Morgan fingerprint density at radius 3 is 2.77 bits per heavy atom. The molecule has 0 atom stereocenters. The smallest absolute Gasteiger partial charge is 0.249 e. The van der Waals surface area contributed by atoms with Gasteiger partial charge in [0.2, 0.25) is 5.91 Å². The van der Waals surface area contributed by atoms with Crippen LogP contribution in [0.5, 0.6) is 0 Å². The Morgan fingerprint density at radius 2 is 2.23 bits per heavy atom. The lowest BCUT2D eigenvalue weighted by molar-refractivity contribution is 0.0997. The first-order chi connectivity index (χ1) is 6.15. The molecule has 4 N–H and O–H groups in total. The highest BCUT2D eigenvalue weighted by molar-refractivity contribution is 7.99. The van der Waals surface area contributed by atoms with Gasteiger partial charge in [-0.2, -0.15) is 0 Å². The van der Waals surface area contributed by atoms with E-state index in [1.54, 1.807) is 30.0 Å². The van der Waals surface area contributed by atoms with Crippen LogP contribution < -0.4 is 11.5 Å². The maximum atomic E-state index is 11.0. The molecule has 13 heavy (non-hydrogen) atoms. The lowest BCUT2D eigenvalue weighted by Gasteiger charge is -2.05. The Hall–Kier alpha value is -1.16. The number of benzene rings is 1. The molecule has 0 aliphatic heterocycles. The summed E-state index contributed by atoms with van der Waals surface area (Å²) < 4.78 is 0. The van der Waals surface area contributed by atoms with Crippen molar-refractivity contribution < 1.29 is 4.79 Å². The van der Waals surface area contributed by atoms with Crippen LogP contribution in [0.25, 0.3) is 0 Å². The first-order valence-corrected chi connectivity index (χ1v) is 4.96. The summed E-state index contributed by atoms with van der Waals surface area (Å²) in [6.07, 6.45) is 0. The number of thioether (sulfide) groups is 1. The third-order valence-electron chi connectivity index (χ3n) is 1.57. The van der Waals surface area contributed by atoms with E-state index in [4.69, 9.17) is 11.5 Å². The van der Waals surface area contributed by atoms with Gasteiger partial charge in [-0.15, -0.1) is 11.8 Å². The fraction of sp³-hybridized carbons (Fsp3) is 0.222. The van der Waals surface area contributed by atoms with E-state index in [-0.39, 0.29) is 0 Å². The first-order valence-electron chi connectivity index (χ1n) is 3.97. The molecule has 0 fully saturated rings. The van der Waals surface area contributed by atoms with Crippen molar-refractivity contribution in [3.8, 4) is 0 Å². The van der Waals surface area contributed by atoms with Gasteiger partial charge in [0, 0.05) is 10.6 Å². The van der Waals surface area contributed by atoms with Gasteiger partial charge in [0.25, 0.3) is 0 Å². The molecule has 3 nitrogen and oxygen atoms in total. The minimum atomic E-state index is -0.407. The molecule has 0 spiro atoms. The van der Waals surface area contributed by atoms with Crippen LogP contribution in [0.3, 0.4) is 0 Å². The predicted molar refractivity (Wildman–Crippen MR) is 55.8 cm³/mol. The molecule has 70 valence electrons. The van der Waals surface area contributed by atoms with E-state index in [1.165, 1.54) is 0 Å². The van der Waals surface area contributed by atoms with Crippen LogP contribution in [-0.4, -0.2) is 11.7 Å². The number of hydrogen-bond donors (Lipinski definition) is 2. The van der Waals surface area contributed by atoms with E-state index in [0.29, 0.717) is 11.3 Å². The highest BCUT2D eigenvalue weighted by atomic mass is 32.2. The molecule has 1 rings (SSSR count). The van der Waals surface area contributed by atoms with E-state index in [1.807, 2.05) is 6.92 Å². The second-order valence-corrected chi connectivity index (χ2v) is 3.86. The normalized spacial score (nSPS) is 9.92. The SMILES string of the molecule is CCSc1cc(N)ccc1C(N)=O. The molecule has 4 heteroatoms. The van der Waals surface area contributed by atoms with E-state index in [2.05, 4.69) is 0 Å². The number of nitrogens with two attached hydrogens (primary N) is 2. The Kier molecular flexibility index (Phi) is 3.19. The maximum Gasteiger partial charge on any atom is 0.249 e. The van der Waals surface area contributed by atoms with Gasteiger partial charge in [0.05, 0.1) is 5.56 Å². The van der Waals surface area contributed by atoms with Gasteiger partial charge in [-0.05, 0) is 24.0 Å².